The summed E-state index contributed by atoms with van der Waals surface area (Å²) in [5, 5.41) is 13.6. The van der Waals surface area contributed by atoms with E-state index in [1.807, 2.05) is 4.52 Å². The monoisotopic (exact) mass is 239 g/mol. The summed E-state index contributed by atoms with van der Waals surface area (Å²) in [6, 6.07) is 0. The number of hydrogen-bond donors (Lipinski definition) is 1. The van der Waals surface area contributed by atoms with E-state index in [0.717, 1.165) is 15.8 Å². The topological polar surface area (TPSA) is 78.3 Å². The number of aromatic nitrogens is 4. The van der Waals surface area contributed by atoms with Crippen molar-refractivity contribution in [3.8, 4) is 0 Å². The minimum absolute atomic E-state index is 0.140. The van der Waals surface area contributed by atoms with Gasteiger partial charge in [0.05, 0.1) is 0 Å². The Labute approximate surface area is 96.4 Å². The van der Waals surface area contributed by atoms with E-state index in [0.29, 0.717) is 12.5 Å². The summed E-state index contributed by atoms with van der Waals surface area (Å²) in [6.07, 6.45) is 2.25. The molecule has 2 heterocycles. The summed E-state index contributed by atoms with van der Waals surface area (Å²) in [6.45, 7) is 0.430. The van der Waals surface area contributed by atoms with E-state index in [4.69, 9.17) is 10.5 Å². The van der Waals surface area contributed by atoms with Crippen molar-refractivity contribution in [1.29, 1.82) is 0 Å². The zero-order valence-corrected chi connectivity index (χ0v) is 9.78. The lowest BCUT2D eigenvalue weighted by Crippen LogP contribution is -2.14. The first-order valence-electron chi connectivity index (χ1n) is 5.28. The molecule has 3 rings (SSSR count). The van der Waals surface area contributed by atoms with Gasteiger partial charge >= 0.3 is 0 Å². The van der Waals surface area contributed by atoms with Crippen LogP contribution in [0.4, 0.5) is 0 Å². The highest BCUT2D eigenvalue weighted by Crippen LogP contribution is 2.39. The zero-order valence-electron chi connectivity index (χ0n) is 8.96. The molecule has 2 aromatic rings. The Hall–Kier alpha value is -1.05. The molecule has 1 aliphatic rings. The van der Waals surface area contributed by atoms with Crippen LogP contribution in [0.5, 0.6) is 0 Å². The molecular formula is C9H13N5OS. The van der Waals surface area contributed by atoms with E-state index in [1.165, 1.54) is 24.2 Å². The van der Waals surface area contributed by atoms with Crippen molar-refractivity contribution >= 4 is 16.3 Å². The number of methoxy groups -OCH3 is 1. The van der Waals surface area contributed by atoms with Crippen LogP contribution in [0.15, 0.2) is 0 Å². The summed E-state index contributed by atoms with van der Waals surface area (Å²) >= 11 is 1.49. The summed E-state index contributed by atoms with van der Waals surface area (Å²) in [7, 11) is 1.64. The van der Waals surface area contributed by atoms with Crippen molar-refractivity contribution < 1.29 is 4.74 Å². The molecule has 0 spiro atoms. The molecule has 2 N–H and O–H groups in total. The van der Waals surface area contributed by atoms with Crippen LogP contribution in [0.3, 0.4) is 0 Å². The Morgan fingerprint density at radius 3 is 3.00 bits per heavy atom. The van der Waals surface area contributed by atoms with Gasteiger partial charge in [0.1, 0.15) is 11.1 Å². The largest absolute Gasteiger partial charge is 0.373 e. The molecule has 0 saturated heterocycles. The molecule has 0 aliphatic heterocycles. The van der Waals surface area contributed by atoms with Crippen molar-refractivity contribution in [2.45, 2.75) is 24.9 Å². The average molecular weight is 239 g/mol. The summed E-state index contributed by atoms with van der Waals surface area (Å²) in [5.41, 5.74) is 5.61. The van der Waals surface area contributed by atoms with Crippen LogP contribution >= 0.6 is 11.3 Å². The van der Waals surface area contributed by atoms with E-state index < -0.39 is 0 Å². The Morgan fingerprint density at radius 1 is 1.56 bits per heavy atom. The van der Waals surface area contributed by atoms with Gasteiger partial charge in [0.15, 0.2) is 5.82 Å². The SMILES string of the molecule is COC(CN)c1nn2c(C3CC3)nnc2s1. The van der Waals surface area contributed by atoms with Gasteiger partial charge in [0.25, 0.3) is 0 Å². The Morgan fingerprint density at radius 2 is 2.38 bits per heavy atom. The minimum atomic E-state index is -0.140. The molecule has 16 heavy (non-hydrogen) atoms. The third kappa shape index (κ3) is 1.51. The number of fused-ring (bicyclic) bond motifs is 1. The highest BCUT2D eigenvalue weighted by atomic mass is 32.1. The van der Waals surface area contributed by atoms with Crippen molar-refractivity contribution in [2.24, 2.45) is 5.73 Å². The fraction of sp³-hybridized carbons (Fsp3) is 0.667. The molecule has 1 unspecified atom stereocenters. The molecule has 0 bridgehead atoms. The van der Waals surface area contributed by atoms with Gasteiger partial charge in [-0.05, 0) is 12.8 Å². The first-order valence-corrected chi connectivity index (χ1v) is 6.10. The molecule has 1 atom stereocenters. The van der Waals surface area contributed by atoms with Crippen molar-refractivity contribution in [3.05, 3.63) is 10.8 Å². The lowest BCUT2D eigenvalue weighted by Gasteiger charge is -2.07. The molecule has 1 fully saturated rings. The number of rotatable bonds is 4. The second-order valence-corrected chi connectivity index (χ2v) is 4.91. The molecule has 0 aromatic carbocycles. The third-order valence-corrected chi connectivity index (χ3v) is 3.74. The van der Waals surface area contributed by atoms with Crippen molar-refractivity contribution in [2.75, 3.05) is 13.7 Å². The lowest BCUT2D eigenvalue weighted by molar-refractivity contribution is 0.109. The van der Waals surface area contributed by atoms with E-state index >= 15 is 0 Å². The molecule has 86 valence electrons. The van der Waals surface area contributed by atoms with Crippen molar-refractivity contribution in [3.63, 3.8) is 0 Å². The van der Waals surface area contributed by atoms with Gasteiger partial charge in [-0.1, -0.05) is 11.3 Å². The maximum absolute atomic E-state index is 5.61. The normalized spacial score (nSPS) is 18.1. The van der Waals surface area contributed by atoms with E-state index in [1.54, 1.807) is 7.11 Å². The Balaban J connectivity index is 2.01. The van der Waals surface area contributed by atoms with Gasteiger partial charge in [0.2, 0.25) is 4.96 Å². The fourth-order valence-electron chi connectivity index (χ4n) is 1.67. The Kier molecular flexibility index (Phi) is 2.38. The molecule has 1 aliphatic carbocycles. The quantitative estimate of drug-likeness (QED) is 0.850. The predicted molar refractivity (Wildman–Crippen MR) is 59.4 cm³/mol. The predicted octanol–water partition coefficient (Wildman–Crippen LogP) is 0.709. The molecular weight excluding hydrogens is 226 g/mol. The van der Waals surface area contributed by atoms with Crippen LogP contribution in [-0.4, -0.2) is 33.5 Å². The van der Waals surface area contributed by atoms with Crippen LogP contribution in [-0.2, 0) is 4.74 Å². The van der Waals surface area contributed by atoms with Crippen LogP contribution in [0.1, 0.15) is 35.7 Å². The van der Waals surface area contributed by atoms with E-state index in [2.05, 4.69) is 15.3 Å². The molecule has 0 radical (unpaired) electrons. The van der Waals surface area contributed by atoms with Gasteiger partial charge < -0.3 is 10.5 Å². The van der Waals surface area contributed by atoms with Crippen molar-refractivity contribution in [1.82, 2.24) is 19.8 Å². The molecule has 7 heteroatoms. The van der Waals surface area contributed by atoms with Crippen LogP contribution < -0.4 is 5.73 Å². The Bertz CT molecular complexity index is 499. The second kappa shape index (κ2) is 3.76. The highest BCUT2D eigenvalue weighted by molar-refractivity contribution is 7.16. The minimum Gasteiger partial charge on any atom is -0.373 e. The van der Waals surface area contributed by atoms with Gasteiger partial charge in [0, 0.05) is 19.6 Å². The summed E-state index contributed by atoms with van der Waals surface area (Å²) < 4.78 is 7.09. The molecule has 2 aromatic heterocycles. The van der Waals surface area contributed by atoms with Gasteiger partial charge in [-0.25, -0.2) is 0 Å². The second-order valence-electron chi connectivity index (χ2n) is 3.93. The number of ether oxygens (including phenoxy) is 1. The van der Waals surface area contributed by atoms with Gasteiger partial charge in [-0.2, -0.15) is 9.61 Å². The smallest absolute Gasteiger partial charge is 0.234 e. The van der Waals surface area contributed by atoms with E-state index in [-0.39, 0.29) is 6.10 Å². The van der Waals surface area contributed by atoms with Crippen LogP contribution in [0, 0.1) is 0 Å². The fourth-order valence-corrected chi connectivity index (χ4v) is 2.61. The average Bonchev–Trinajstić information content (AvgIpc) is 2.91. The standard InChI is InChI=1S/C9H13N5OS/c1-15-6(4-10)8-13-14-7(5-2-3-5)11-12-9(14)16-8/h5-6H,2-4,10H2,1H3. The number of nitrogens with two attached hydrogens (primary N) is 1. The molecule has 0 amide bonds. The first-order chi connectivity index (χ1) is 7.83. The van der Waals surface area contributed by atoms with Gasteiger partial charge in [-0.15, -0.1) is 10.2 Å². The maximum atomic E-state index is 5.61. The molecule has 6 nitrogen and oxygen atoms in total. The highest BCUT2D eigenvalue weighted by Gasteiger charge is 2.30. The van der Waals surface area contributed by atoms with Crippen LogP contribution in [0.2, 0.25) is 0 Å². The van der Waals surface area contributed by atoms with Gasteiger partial charge in [-0.3, -0.25) is 0 Å². The zero-order chi connectivity index (χ0) is 11.1. The first kappa shape index (κ1) is 10.1. The number of hydrogen-bond acceptors (Lipinski definition) is 6. The maximum Gasteiger partial charge on any atom is 0.234 e. The van der Waals surface area contributed by atoms with Crippen LogP contribution in [0.25, 0.3) is 4.96 Å². The summed E-state index contributed by atoms with van der Waals surface area (Å²) in [4.78, 5) is 0.826. The lowest BCUT2D eigenvalue weighted by atomic mass is 10.4. The molecule has 1 saturated carbocycles. The summed E-state index contributed by atoms with van der Waals surface area (Å²) in [5.74, 6) is 1.52. The number of nitrogens with zero attached hydrogens (tertiary/aromatic N) is 4. The third-order valence-electron chi connectivity index (χ3n) is 2.75. The van der Waals surface area contributed by atoms with E-state index in [9.17, 15) is 0 Å².